The largest absolute Gasteiger partial charge is 0.314 e. The maximum atomic E-state index is 5.38. The molecule has 0 bridgehead atoms. The van der Waals surface area contributed by atoms with Crippen LogP contribution in [0.1, 0.15) is 5.69 Å². The summed E-state index contributed by atoms with van der Waals surface area (Å²) in [5, 5.41) is 1.88. The van der Waals surface area contributed by atoms with Crippen LogP contribution in [0, 0.1) is 6.92 Å². The number of nitrogens with two attached hydrogens (primary N) is 1. The van der Waals surface area contributed by atoms with E-state index in [1.165, 1.54) is 0 Å². The Morgan fingerprint density at radius 1 is 1.47 bits per heavy atom. The lowest BCUT2D eigenvalue weighted by atomic mass is 10.2. The van der Waals surface area contributed by atoms with Gasteiger partial charge >= 0.3 is 0 Å². The monoisotopic (exact) mass is 283 g/mol. The average molecular weight is 284 g/mol. The molecule has 0 spiro atoms. The lowest BCUT2D eigenvalue weighted by Gasteiger charge is -1.95. The minimum Gasteiger partial charge on any atom is -0.314 e. The van der Waals surface area contributed by atoms with Gasteiger partial charge in [0.05, 0.1) is 5.69 Å². The smallest absolute Gasteiger partial charge is 0.126 e. The maximum absolute atomic E-state index is 5.38. The molecule has 2 aromatic rings. The molecule has 0 unspecified atom stereocenters. The van der Waals surface area contributed by atoms with Gasteiger partial charge in [-0.3, -0.25) is 0 Å². The van der Waals surface area contributed by atoms with Crippen LogP contribution in [0.2, 0.25) is 0 Å². The molecule has 1 aromatic heterocycles. The highest BCUT2D eigenvalue weighted by Gasteiger charge is 2.08. The Morgan fingerprint density at radius 3 is 2.87 bits per heavy atom. The number of hydrogen-bond acceptors (Lipinski definition) is 4. The summed E-state index contributed by atoms with van der Waals surface area (Å²) in [6.07, 6.45) is 0. The molecule has 0 aliphatic rings. The standard InChI is InChI=1S/C10H10BrN3S/c1-6-9(14-12)15-10(13-6)7-3-2-4-8(11)5-7/h2-5,14H,12H2,1H3. The summed E-state index contributed by atoms with van der Waals surface area (Å²) in [6, 6.07) is 8.06. The zero-order chi connectivity index (χ0) is 10.8. The van der Waals surface area contributed by atoms with E-state index in [0.29, 0.717) is 0 Å². The highest BCUT2D eigenvalue weighted by Crippen LogP contribution is 2.32. The molecule has 0 aliphatic heterocycles. The molecule has 78 valence electrons. The second-order valence-electron chi connectivity index (χ2n) is 3.09. The SMILES string of the molecule is Cc1nc(-c2cccc(Br)c2)sc1NN. The van der Waals surface area contributed by atoms with Crippen LogP contribution in [0.25, 0.3) is 10.6 Å². The number of anilines is 1. The Morgan fingerprint density at radius 2 is 2.27 bits per heavy atom. The van der Waals surface area contributed by atoms with E-state index in [1.807, 2.05) is 31.2 Å². The normalized spacial score (nSPS) is 10.3. The van der Waals surface area contributed by atoms with Gasteiger partial charge in [-0.2, -0.15) is 0 Å². The molecule has 0 atom stereocenters. The van der Waals surface area contributed by atoms with E-state index in [4.69, 9.17) is 5.84 Å². The van der Waals surface area contributed by atoms with E-state index in [0.717, 1.165) is 25.7 Å². The zero-order valence-corrected chi connectivity index (χ0v) is 10.5. The minimum absolute atomic E-state index is 0.907. The maximum Gasteiger partial charge on any atom is 0.126 e. The highest BCUT2D eigenvalue weighted by molar-refractivity contribution is 9.10. The number of hydrogen-bond donors (Lipinski definition) is 2. The van der Waals surface area contributed by atoms with Gasteiger partial charge in [0.15, 0.2) is 0 Å². The molecule has 0 amide bonds. The van der Waals surface area contributed by atoms with Crippen molar-refractivity contribution in [3.05, 3.63) is 34.4 Å². The number of nitrogen functional groups attached to an aromatic ring is 1. The van der Waals surface area contributed by atoms with E-state index >= 15 is 0 Å². The Kier molecular flexibility index (Phi) is 3.04. The van der Waals surface area contributed by atoms with Crippen LogP contribution in [-0.2, 0) is 0 Å². The zero-order valence-electron chi connectivity index (χ0n) is 8.12. The molecule has 3 N–H and O–H groups in total. The number of aryl methyl sites for hydroxylation is 1. The number of rotatable bonds is 2. The first-order valence-electron chi connectivity index (χ1n) is 4.40. The van der Waals surface area contributed by atoms with Crippen LogP contribution in [0.4, 0.5) is 5.00 Å². The van der Waals surface area contributed by atoms with E-state index < -0.39 is 0 Å². The molecular weight excluding hydrogens is 274 g/mol. The third kappa shape index (κ3) is 2.19. The number of nitrogens with one attached hydrogen (secondary N) is 1. The summed E-state index contributed by atoms with van der Waals surface area (Å²) in [7, 11) is 0. The summed E-state index contributed by atoms with van der Waals surface area (Å²) < 4.78 is 1.05. The van der Waals surface area contributed by atoms with Crippen molar-refractivity contribution in [3.63, 3.8) is 0 Å². The molecule has 3 nitrogen and oxygen atoms in total. The minimum atomic E-state index is 0.907. The molecule has 0 saturated carbocycles. The topological polar surface area (TPSA) is 50.9 Å². The highest BCUT2D eigenvalue weighted by atomic mass is 79.9. The second-order valence-corrected chi connectivity index (χ2v) is 5.00. The van der Waals surface area contributed by atoms with Crippen LogP contribution in [0.15, 0.2) is 28.7 Å². The molecule has 5 heteroatoms. The summed E-state index contributed by atoms with van der Waals surface area (Å²) in [4.78, 5) is 4.45. The first-order chi connectivity index (χ1) is 7.20. The van der Waals surface area contributed by atoms with Crippen LogP contribution < -0.4 is 11.3 Å². The molecular formula is C10H10BrN3S. The second kappa shape index (κ2) is 4.30. The summed E-state index contributed by atoms with van der Waals surface area (Å²) >= 11 is 4.99. The molecule has 15 heavy (non-hydrogen) atoms. The van der Waals surface area contributed by atoms with E-state index in [1.54, 1.807) is 11.3 Å². The van der Waals surface area contributed by atoms with Crippen molar-refractivity contribution in [2.24, 2.45) is 5.84 Å². The predicted molar refractivity (Wildman–Crippen MR) is 67.8 cm³/mol. The first kappa shape index (κ1) is 10.6. The number of halogens is 1. The van der Waals surface area contributed by atoms with Gasteiger partial charge in [-0.05, 0) is 19.1 Å². The molecule has 2 rings (SSSR count). The number of hydrazine groups is 1. The number of benzene rings is 1. The van der Waals surface area contributed by atoms with Crippen LogP contribution in [0.3, 0.4) is 0 Å². The third-order valence-electron chi connectivity index (χ3n) is 2.00. The Hall–Kier alpha value is -0.910. The van der Waals surface area contributed by atoms with E-state index in [9.17, 15) is 0 Å². The van der Waals surface area contributed by atoms with Crippen molar-refractivity contribution < 1.29 is 0 Å². The van der Waals surface area contributed by atoms with Crippen LogP contribution >= 0.6 is 27.3 Å². The van der Waals surface area contributed by atoms with Gasteiger partial charge in [0.1, 0.15) is 10.0 Å². The number of aromatic nitrogens is 1. The van der Waals surface area contributed by atoms with Crippen molar-refractivity contribution in [2.75, 3.05) is 5.43 Å². The first-order valence-corrected chi connectivity index (χ1v) is 6.01. The van der Waals surface area contributed by atoms with Gasteiger partial charge in [0.25, 0.3) is 0 Å². The van der Waals surface area contributed by atoms with Crippen molar-refractivity contribution in [1.29, 1.82) is 0 Å². The summed E-state index contributed by atoms with van der Waals surface area (Å²) in [5.74, 6) is 5.38. The molecule has 0 radical (unpaired) electrons. The van der Waals surface area contributed by atoms with Gasteiger partial charge in [0.2, 0.25) is 0 Å². The Labute approximate surface area is 100 Å². The molecule has 0 aliphatic carbocycles. The fourth-order valence-electron chi connectivity index (χ4n) is 1.28. The van der Waals surface area contributed by atoms with E-state index in [-0.39, 0.29) is 0 Å². The van der Waals surface area contributed by atoms with Gasteiger partial charge in [-0.1, -0.05) is 39.4 Å². The van der Waals surface area contributed by atoms with Crippen molar-refractivity contribution in [1.82, 2.24) is 4.98 Å². The van der Waals surface area contributed by atoms with Gasteiger partial charge < -0.3 is 5.43 Å². The Balaban J connectivity index is 2.45. The van der Waals surface area contributed by atoms with E-state index in [2.05, 4.69) is 26.3 Å². The Bertz CT molecular complexity index is 481. The average Bonchev–Trinajstić information content (AvgIpc) is 2.60. The predicted octanol–water partition coefficient (Wildman–Crippen LogP) is 3.17. The van der Waals surface area contributed by atoms with Crippen LogP contribution in [0.5, 0.6) is 0 Å². The lowest BCUT2D eigenvalue weighted by molar-refractivity contribution is 1.24. The molecule has 0 saturated heterocycles. The van der Waals surface area contributed by atoms with Crippen molar-refractivity contribution in [2.45, 2.75) is 6.92 Å². The third-order valence-corrected chi connectivity index (χ3v) is 3.63. The summed E-state index contributed by atoms with van der Waals surface area (Å²) in [6.45, 7) is 1.94. The number of thiazole rings is 1. The van der Waals surface area contributed by atoms with Crippen LogP contribution in [-0.4, -0.2) is 4.98 Å². The number of nitrogens with zero attached hydrogens (tertiary/aromatic N) is 1. The molecule has 1 aromatic carbocycles. The fourth-order valence-corrected chi connectivity index (χ4v) is 2.55. The van der Waals surface area contributed by atoms with Gasteiger partial charge in [-0.15, -0.1) is 0 Å². The molecule has 1 heterocycles. The molecule has 0 fully saturated rings. The summed E-state index contributed by atoms with van der Waals surface area (Å²) in [5.41, 5.74) is 4.67. The van der Waals surface area contributed by atoms with Crippen molar-refractivity contribution >= 4 is 32.3 Å². The van der Waals surface area contributed by atoms with Gasteiger partial charge in [0, 0.05) is 10.0 Å². The quantitative estimate of drug-likeness (QED) is 0.658. The van der Waals surface area contributed by atoms with Gasteiger partial charge in [-0.25, -0.2) is 10.8 Å². The van der Waals surface area contributed by atoms with Crippen molar-refractivity contribution in [3.8, 4) is 10.6 Å². The fraction of sp³-hybridized carbons (Fsp3) is 0.100. The lowest BCUT2D eigenvalue weighted by Crippen LogP contribution is -2.05.